The predicted octanol–water partition coefficient (Wildman–Crippen LogP) is 2.71. The molecule has 1 aromatic heterocycles. The lowest BCUT2D eigenvalue weighted by molar-refractivity contribution is -0.113. The van der Waals surface area contributed by atoms with Crippen LogP contribution >= 0.6 is 11.8 Å². The SMILES string of the molecule is Cc1cc(N)nc(SCC(=O)Nc2cccc(C)c2C)n1. The van der Waals surface area contributed by atoms with Crippen LogP contribution in [0.4, 0.5) is 11.5 Å². The predicted molar refractivity (Wildman–Crippen MR) is 86.5 cm³/mol. The molecule has 0 aliphatic heterocycles. The largest absolute Gasteiger partial charge is 0.384 e. The number of nitrogen functional groups attached to an aromatic ring is 1. The fraction of sp³-hybridized carbons (Fsp3) is 0.267. The fourth-order valence-corrected chi connectivity index (χ4v) is 2.54. The number of nitrogens with zero attached hydrogens (tertiary/aromatic N) is 2. The van der Waals surface area contributed by atoms with Crippen LogP contribution in [0.5, 0.6) is 0 Å². The van der Waals surface area contributed by atoms with Gasteiger partial charge in [0.1, 0.15) is 5.82 Å². The number of anilines is 2. The zero-order valence-corrected chi connectivity index (χ0v) is 13.1. The Morgan fingerprint density at radius 2 is 2.05 bits per heavy atom. The molecule has 0 fully saturated rings. The van der Waals surface area contributed by atoms with Crippen LogP contribution in [0, 0.1) is 20.8 Å². The van der Waals surface area contributed by atoms with Crippen LogP contribution in [0.2, 0.25) is 0 Å². The smallest absolute Gasteiger partial charge is 0.234 e. The average molecular weight is 302 g/mol. The number of rotatable bonds is 4. The molecular weight excluding hydrogens is 284 g/mol. The molecule has 0 spiro atoms. The lowest BCUT2D eigenvalue weighted by Crippen LogP contribution is -2.15. The van der Waals surface area contributed by atoms with Crippen molar-refractivity contribution in [3.8, 4) is 0 Å². The van der Waals surface area contributed by atoms with Crippen molar-refractivity contribution in [2.45, 2.75) is 25.9 Å². The van der Waals surface area contributed by atoms with Crippen molar-refractivity contribution in [2.75, 3.05) is 16.8 Å². The molecular formula is C15H18N4OS. The van der Waals surface area contributed by atoms with Gasteiger partial charge in [-0.1, -0.05) is 23.9 Å². The summed E-state index contributed by atoms with van der Waals surface area (Å²) in [6, 6.07) is 7.53. The number of nitrogens with two attached hydrogens (primary N) is 1. The summed E-state index contributed by atoms with van der Waals surface area (Å²) >= 11 is 1.27. The highest BCUT2D eigenvalue weighted by Gasteiger charge is 2.08. The van der Waals surface area contributed by atoms with E-state index in [1.54, 1.807) is 6.07 Å². The molecule has 0 bridgehead atoms. The third-order valence-electron chi connectivity index (χ3n) is 3.06. The number of hydrogen-bond donors (Lipinski definition) is 2. The second-order valence-corrected chi connectivity index (χ2v) is 5.74. The molecule has 1 amide bonds. The molecule has 3 N–H and O–H groups in total. The monoisotopic (exact) mass is 302 g/mol. The van der Waals surface area contributed by atoms with Crippen LogP contribution in [0.1, 0.15) is 16.8 Å². The van der Waals surface area contributed by atoms with Crippen molar-refractivity contribution in [2.24, 2.45) is 0 Å². The molecule has 0 radical (unpaired) electrons. The molecule has 0 aliphatic carbocycles. The van der Waals surface area contributed by atoms with Crippen molar-refractivity contribution in [3.63, 3.8) is 0 Å². The second-order valence-electron chi connectivity index (χ2n) is 4.80. The number of carbonyl (C=O) groups excluding carboxylic acids is 1. The number of aromatic nitrogens is 2. The Labute approximate surface area is 128 Å². The van der Waals surface area contributed by atoms with E-state index in [1.165, 1.54) is 11.8 Å². The summed E-state index contributed by atoms with van der Waals surface area (Å²) in [6.07, 6.45) is 0. The zero-order valence-electron chi connectivity index (χ0n) is 12.3. The maximum Gasteiger partial charge on any atom is 0.234 e. The van der Waals surface area contributed by atoms with Crippen molar-refractivity contribution in [3.05, 3.63) is 41.1 Å². The van der Waals surface area contributed by atoms with Crippen molar-refractivity contribution in [1.29, 1.82) is 0 Å². The van der Waals surface area contributed by atoms with Gasteiger partial charge in [-0.2, -0.15) is 0 Å². The van der Waals surface area contributed by atoms with E-state index in [9.17, 15) is 4.79 Å². The first-order valence-corrected chi connectivity index (χ1v) is 7.54. The normalized spacial score (nSPS) is 10.4. The Morgan fingerprint density at radius 3 is 2.76 bits per heavy atom. The van der Waals surface area contributed by atoms with Crippen LogP contribution in [0.3, 0.4) is 0 Å². The highest BCUT2D eigenvalue weighted by atomic mass is 32.2. The summed E-state index contributed by atoms with van der Waals surface area (Å²) in [4.78, 5) is 20.3. The van der Waals surface area contributed by atoms with E-state index in [-0.39, 0.29) is 11.7 Å². The number of nitrogens with one attached hydrogen (secondary N) is 1. The first kappa shape index (κ1) is 15.3. The molecule has 21 heavy (non-hydrogen) atoms. The molecule has 1 heterocycles. The number of thioether (sulfide) groups is 1. The average Bonchev–Trinajstić information content (AvgIpc) is 2.41. The van der Waals surface area contributed by atoms with Crippen LogP contribution < -0.4 is 11.1 Å². The van der Waals surface area contributed by atoms with E-state index in [1.807, 2.05) is 39.0 Å². The summed E-state index contributed by atoms with van der Waals surface area (Å²) in [5.74, 6) is 0.577. The van der Waals surface area contributed by atoms with Gasteiger partial charge in [-0.3, -0.25) is 4.79 Å². The molecule has 6 heteroatoms. The van der Waals surface area contributed by atoms with Gasteiger partial charge < -0.3 is 11.1 Å². The van der Waals surface area contributed by atoms with E-state index in [4.69, 9.17) is 5.73 Å². The Hall–Kier alpha value is -2.08. The van der Waals surface area contributed by atoms with Gasteiger partial charge in [0.05, 0.1) is 5.75 Å². The molecule has 110 valence electrons. The van der Waals surface area contributed by atoms with Gasteiger partial charge in [0.15, 0.2) is 5.16 Å². The quantitative estimate of drug-likeness (QED) is 0.670. The van der Waals surface area contributed by atoms with Gasteiger partial charge in [0, 0.05) is 17.4 Å². The van der Waals surface area contributed by atoms with E-state index in [2.05, 4.69) is 15.3 Å². The molecule has 1 aromatic carbocycles. The summed E-state index contributed by atoms with van der Waals surface area (Å²) in [5, 5.41) is 3.42. The maximum absolute atomic E-state index is 12.0. The third-order valence-corrected chi connectivity index (χ3v) is 3.91. The van der Waals surface area contributed by atoms with Crippen molar-refractivity contribution >= 4 is 29.2 Å². The molecule has 5 nitrogen and oxygen atoms in total. The number of aryl methyl sites for hydroxylation is 2. The minimum absolute atomic E-state index is 0.0858. The van der Waals surface area contributed by atoms with Gasteiger partial charge in [-0.15, -0.1) is 0 Å². The molecule has 2 aromatic rings. The van der Waals surface area contributed by atoms with Crippen molar-refractivity contribution < 1.29 is 4.79 Å². The summed E-state index contributed by atoms with van der Waals surface area (Å²) in [7, 11) is 0. The van der Waals surface area contributed by atoms with Crippen LogP contribution in [-0.2, 0) is 4.79 Å². The van der Waals surface area contributed by atoms with Gasteiger partial charge in [-0.05, 0) is 38.0 Å². The topological polar surface area (TPSA) is 80.9 Å². The number of hydrogen-bond acceptors (Lipinski definition) is 5. The van der Waals surface area contributed by atoms with Crippen LogP contribution in [-0.4, -0.2) is 21.6 Å². The molecule has 0 atom stereocenters. The minimum Gasteiger partial charge on any atom is -0.384 e. The number of benzene rings is 1. The standard InChI is InChI=1S/C15H18N4OS/c1-9-5-4-6-12(11(9)3)18-14(20)8-21-15-17-10(2)7-13(16)19-15/h4-7H,8H2,1-3H3,(H,18,20)(H2,16,17,19). The third kappa shape index (κ3) is 4.19. The van der Waals surface area contributed by atoms with Gasteiger partial charge in [0.25, 0.3) is 0 Å². The lowest BCUT2D eigenvalue weighted by atomic mass is 10.1. The highest BCUT2D eigenvalue weighted by molar-refractivity contribution is 7.99. The number of carbonyl (C=O) groups is 1. The van der Waals surface area contributed by atoms with Crippen LogP contribution in [0.15, 0.2) is 29.4 Å². The molecule has 0 aliphatic rings. The number of amides is 1. The summed E-state index contributed by atoms with van der Waals surface area (Å²) in [5.41, 5.74) is 9.51. The first-order valence-electron chi connectivity index (χ1n) is 6.55. The van der Waals surface area contributed by atoms with Gasteiger partial charge >= 0.3 is 0 Å². The van der Waals surface area contributed by atoms with E-state index < -0.39 is 0 Å². The van der Waals surface area contributed by atoms with Crippen LogP contribution in [0.25, 0.3) is 0 Å². The highest BCUT2D eigenvalue weighted by Crippen LogP contribution is 2.19. The van der Waals surface area contributed by atoms with Crippen molar-refractivity contribution in [1.82, 2.24) is 9.97 Å². The minimum atomic E-state index is -0.0858. The maximum atomic E-state index is 12.0. The Balaban J connectivity index is 1.97. The second kappa shape index (κ2) is 6.58. The zero-order chi connectivity index (χ0) is 15.4. The van der Waals surface area contributed by atoms with Gasteiger partial charge in [-0.25, -0.2) is 9.97 Å². The Morgan fingerprint density at radius 1 is 1.29 bits per heavy atom. The molecule has 0 unspecified atom stereocenters. The Bertz CT molecular complexity index is 652. The van der Waals surface area contributed by atoms with E-state index >= 15 is 0 Å². The lowest BCUT2D eigenvalue weighted by Gasteiger charge is -2.10. The fourth-order valence-electron chi connectivity index (χ4n) is 1.83. The van der Waals surface area contributed by atoms with Gasteiger partial charge in [0.2, 0.25) is 5.91 Å². The first-order chi connectivity index (χ1) is 9.95. The summed E-state index contributed by atoms with van der Waals surface area (Å²) < 4.78 is 0. The Kier molecular flexibility index (Phi) is 4.80. The molecule has 2 rings (SSSR count). The van der Waals surface area contributed by atoms with E-state index in [0.29, 0.717) is 11.0 Å². The molecule has 0 saturated heterocycles. The molecule has 0 saturated carbocycles. The summed E-state index contributed by atoms with van der Waals surface area (Å²) in [6.45, 7) is 5.85. The van der Waals surface area contributed by atoms with E-state index in [0.717, 1.165) is 22.5 Å².